The lowest BCUT2D eigenvalue weighted by Crippen LogP contribution is -2.35. The molecule has 1 aromatic heterocycles. The number of anilines is 2. The van der Waals surface area contributed by atoms with Gasteiger partial charge in [-0.25, -0.2) is 15.0 Å². The van der Waals surface area contributed by atoms with Gasteiger partial charge in [-0.3, -0.25) is 0 Å². The van der Waals surface area contributed by atoms with Gasteiger partial charge in [0.05, 0.1) is 0 Å². The molecule has 0 bridgehead atoms. The summed E-state index contributed by atoms with van der Waals surface area (Å²) in [5.74, 6) is 2.37. The van der Waals surface area contributed by atoms with Crippen LogP contribution in [0.1, 0.15) is 32.0 Å². The summed E-state index contributed by atoms with van der Waals surface area (Å²) in [6, 6.07) is 1.94. The normalized spacial score (nSPS) is 16.3. The highest BCUT2D eigenvalue weighted by Crippen LogP contribution is 2.15. The summed E-state index contributed by atoms with van der Waals surface area (Å²) in [6.45, 7) is 5.46. The second-order valence-electron chi connectivity index (χ2n) is 4.68. The molecule has 1 aromatic rings. The largest absolute Gasteiger partial charge is 0.377 e. The third kappa shape index (κ3) is 4.33. The van der Waals surface area contributed by atoms with Gasteiger partial charge in [-0.15, -0.1) is 0 Å². The van der Waals surface area contributed by atoms with Crippen LogP contribution in [0.15, 0.2) is 6.07 Å². The number of methoxy groups -OCH3 is 1. The van der Waals surface area contributed by atoms with Crippen molar-refractivity contribution in [2.24, 2.45) is 0 Å². The van der Waals surface area contributed by atoms with Crippen molar-refractivity contribution in [2.75, 3.05) is 37.5 Å². The Kier molecular flexibility index (Phi) is 5.35. The van der Waals surface area contributed by atoms with Crippen molar-refractivity contribution in [2.45, 2.75) is 32.8 Å². The summed E-state index contributed by atoms with van der Waals surface area (Å²) in [5, 5.41) is 5.44. The average molecular weight is 265 g/mol. The molecule has 1 aliphatic rings. The molecule has 0 saturated carbocycles. The first kappa shape index (κ1) is 14.0. The molecule has 0 amide bonds. The van der Waals surface area contributed by atoms with E-state index in [-0.39, 0.29) is 0 Å². The molecule has 0 aliphatic carbocycles. The van der Waals surface area contributed by atoms with Gasteiger partial charge in [0, 0.05) is 32.8 Å². The second kappa shape index (κ2) is 7.25. The molecular formula is C13H23N5O. The Morgan fingerprint density at radius 3 is 2.63 bits per heavy atom. The molecule has 0 aromatic carbocycles. The number of rotatable bonds is 6. The van der Waals surface area contributed by atoms with E-state index < -0.39 is 0 Å². The molecule has 106 valence electrons. The molecule has 2 N–H and O–H groups in total. The lowest BCUT2D eigenvalue weighted by atomic mass is 10.2. The van der Waals surface area contributed by atoms with Crippen LogP contribution in [0.4, 0.5) is 11.6 Å². The number of ether oxygens (including phenoxy) is 1. The van der Waals surface area contributed by atoms with Crippen LogP contribution in [-0.4, -0.2) is 41.7 Å². The monoisotopic (exact) mass is 265 g/mol. The first-order valence-corrected chi connectivity index (χ1v) is 6.94. The highest BCUT2D eigenvalue weighted by Gasteiger charge is 2.11. The SMILES string of the molecule is CCNc1cc(NN2CCCCC2)nc(COC)n1. The van der Waals surface area contributed by atoms with Gasteiger partial charge in [-0.05, 0) is 19.8 Å². The topological polar surface area (TPSA) is 62.3 Å². The summed E-state index contributed by atoms with van der Waals surface area (Å²) in [7, 11) is 1.65. The number of aromatic nitrogens is 2. The predicted molar refractivity (Wildman–Crippen MR) is 76.0 cm³/mol. The Balaban J connectivity index is 2.08. The summed E-state index contributed by atoms with van der Waals surface area (Å²) < 4.78 is 5.11. The molecule has 0 spiro atoms. The van der Waals surface area contributed by atoms with E-state index in [1.807, 2.05) is 6.07 Å². The molecule has 1 saturated heterocycles. The Hall–Kier alpha value is -1.40. The molecule has 2 heterocycles. The summed E-state index contributed by atoms with van der Waals surface area (Å²) in [5.41, 5.74) is 3.37. The molecule has 0 unspecified atom stereocenters. The third-order valence-corrected chi connectivity index (χ3v) is 3.03. The zero-order valence-electron chi connectivity index (χ0n) is 11.8. The van der Waals surface area contributed by atoms with Crippen molar-refractivity contribution < 1.29 is 4.74 Å². The maximum Gasteiger partial charge on any atom is 0.158 e. The second-order valence-corrected chi connectivity index (χ2v) is 4.68. The average Bonchev–Trinajstić information content (AvgIpc) is 2.40. The van der Waals surface area contributed by atoms with Gasteiger partial charge in [0.25, 0.3) is 0 Å². The minimum absolute atomic E-state index is 0.425. The smallest absolute Gasteiger partial charge is 0.158 e. The van der Waals surface area contributed by atoms with Crippen molar-refractivity contribution >= 4 is 11.6 Å². The van der Waals surface area contributed by atoms with Crippen LogP contribution in [0.2, 0.25) is 0 Å². The summed E-state index contributed by atoms with van der Waals surface area (Å²) in [6.07, 6.45) is 3.80. The van der Waals surface area contributed by atoms with Gasteiger partial charge in [-0.2, -0.15) is 0 Å². The lowest BCUT2D eigenvalue weighted by Gasteiger charge is -2.27. The van der Waals surface area contributed by atoms with E-state index in [9.17, 15) is 0 Å². The van der Waals surface area contributed by atoms with E-state index in [4.69, 9.17) is 4.74 Å². The number of hydrogen-bond donors (Lipinski definition) is 2. The molecule has 19 heavy (non-hydrogen) atoms. The molecular weight excluding hydrogens is 242 g/mol. The Morgan fingerprint density at radius 2 is 1.95 bits per heavy atom. The lowest BCUT2D eigenvalue weighted by molar-refractivity contribution is 0.178. The van der Waals surface area contributed by atoms with Crippen molar-refractivity contribution in [1.82, 2.24) is 15.0 Å². The van der Waals surface area contributed by atoms with Gasteiger partial charge >= 0.3 is 0 Å². The molecule has 6 nitrogen and oxygen atoms in total. The van der Waals surface area contributed by atoms with Crippen LogP contribution in [-0.2, 0) is 11.3 Å². The number of piperidine rings is 1. The van der Waals surface area contributed by atoms with Crippen LogP contribution in [0.3, 0.4) is 0 Å². The van der Waals surface area contributed by atoms with Gasteiger partial charge in [0.1, 0.15) is 18.2 Å². The fraction of sp³-hybridized carbons (Fsp3) is 0.692. The molecule has 6 heteroatoms. The van der Waals surface area contributed by atoms with E-state index in [1.165, 1.54) is 19.3 Å². The maximum atomic E-state index is 5.11. The summed E-state index contributed by atoms with van der Waals surface area (Å²) in [4.78, 5) is 8.87. The fourth-order valence-electron chi connectivity index (χ4n) is 2.19. The molecule has 0 atom stereocenters. The zero-order chi connectivity index (χ0) is 13.5. The number of nitrogens with zero attached hydrogens (tertiary/aromatic N) is 3. The minimum atomic E-state index is 0.425. The number of hydrazine groups is 1. The number of hydrogen-bond acceptors (Lipinski definition) is 6. The van der Waals surface area contributed by atoms with Gasteiger partial charge in [0.15, 0.2) is 5.82 Å². The Bertz CT molecular complexity index is 368. The van der Waals surface area contributed by atoms with E-state index in [0.29, 0.717) is 12.4 Å². The minimum Gasteiger partial charge on any atom is -0.377 e. The van der Waals surface area contributed by atoms with Gasteiger partial charge in [0.2, 0.25) is 0 Å². The predicted octanol–water partition coefficient (Wildman–Crippen LogP) is 1.87. The van der Waals surface area contributed by atoms with Crippen molar-refractivity contribution in [1.29, 1.82) is 0 Å². The highest BCUT2D eigenvalue weighted by molar-refractivity contribution is 5.47. The van der Waals surface area contributed by atoms with Crippen molar-refractivity contribution in [3.63, 3.8) is 0 Å². The molecule has 2 rings (SSSR count). The highest BCUT2D eigenvalue weighted by atomic mass is 16.5. The summed E-state index contributed by atoms with van der Waals surface area (Å²) >= 11 is 0. The molecule has 0 radical (unpaired) electrons. The van der Waals surface area contributed by atoms with Crippen LogP contribution in [0.25, 0.3) is 0 Å². The standard InChI is InChI=1S/C13H23N5O/c1-3-14-11-9-12(16-13(15-11)10-19-2)17-18-7-5-4-6-8-18/h9H,3-8,10H2,1-2H3,(H2,14,15,16,17). The Morgan fingerprint density at radius 1 is 1.21 bits per heavy atom. The zero-order valence-corrected chi connectivity index (χ0v) is 11.8. The van der Waals surface area contributed by atoms with Crippen molar-refractivity contribution in [3.05, 3.63) is 11.9 Å². The van der Waals surface area contributed by atoms with E-state index >= 15 is 0 Å². The third-order valence-electron chi connectivity index (χ3n) is 3.03. The molecule has 1 aliphatic heterocycles. The fourth-order valence-corrected chi connectivity index (χ4v) is 2.19. The van der Waals surface area contributed by atoms with Crippen LogP contribution < -0.4 is 10.7 Å². The van der Waals surface area contributed by atoms with E-state index in [2.05, 4.69) is 32.6 Å². The van der Waals surface area contributed by atoms with Crippen LogP contribution in [0.5, 0.6) is 0 Å². The van der Waals surface area contributed by atoms with E-state index in [1.54, 1.807) is 7.11 Å². The number of nitrogens with one attached hydrogen (secondary N) is 2. The Labute approximate surface area is 114 Å². The quantitative estimate of drug-likeness (QED) is 0.818. The maximum absolute atomic E-state index is 5.11. The molecule has 1 fully saturated rings. The first-order chi connectivity index (χ1) is 9.31. The first-order valence-electron chi connectivity index (χ1n) is 6.94. The van der Waals surface area contributed by atoms with E-state index in [0.717, 1.165) is 31.3 Å². The van der Waals surface area contributed by atoms with Gasteiger partial charge < -0.3 is 15.5 Å². The van der Waals surface area contributed by atoms with Crippen LogP contribution >= 0.6 is 0 Å². The van der Waals surface area contributed by atoms with Crippen LogP contribution in [0, 0.1) is 0 Å². The van der Waals surface area contributed by atoms with Crippen molar-refractivity contribution in [3.8, 4) is 0 Å². The van der Waals surface area contributed by atoms with Gasteiger partial charge in [-0.1, -0.05) is 6.42 Å².